The zero-order chi connectivity index (χ0) is 17.6. The number of para-hydroxylation sites is 1. The minimum absolute atomic E-state index is 0.0380. The average molecular weight is 358 g/mol. The number of anilines is 2. The van der Waals surface area contributed by atoms with Crippen LogP contribution >= 0.6 is 11.6 Å². The summed E-state index contributed by atoms with van der Waals surface area (Å²) in [6.07, 6.45) is 1.86. The molecule has 2 amide bonds. The second-order valence-corrected chi connectivity index (χ2v) is 6.45. The Morgan fingerprint density at radius 2 is 1.84 bits per heavy atom. The molecule has 2 aromatic rings. The molecule has 3 N–H and O–H groups in total. The molecule has 130 valence electrons. The van der Waals surface area contributed by atoms with E-state index in [1.807, 2.05) is 18.2 Å². The van der Waals surface area contributed by atoms with Crippen molar-refractivity contribution >= 4 is 34.8 Å². The van der Waals surface area contributed by atoms with Crippen LogP contribution in [-0.4, -0.2) is 24.9 Å². The van der Waals surface area contributed by atoms with E-state index in [4.69, 9.17) is 11.6 Å². The Labute approximate surface area is 151 Å². The highest BCUT2D eigenvalue weighted by Crippen LogP contribution is 2.23. The molecule has 1 atom stereocenters. The van der Waals surface area contributed by atoms with Crippen molar-refractivity contribution < 1.29 is 9.59 Å². The van der Waals surface area contributed by atoms with E-state index >= 15 is 0 Å². The summed E-state index contributed by atoms with van der Waals surface area (Å²) >= 11 is 6.16. The number of carbonyl (C=O) groups excluding carboxylic acids is 2. The lowest BCUT2D eigenvalue weighted by Gasteiger charge is -2.22. The lowest BCUT2D eigenvalue weighted by Crippen LogP contribution is -2.37. The number of benzene rings is 2. The Morgan fingerprint density at radius 1 is 1.04 bits per heavy atom. The van der Waals surface area contributed by atoms with Gasteiger partial charge >= 0.3 is 0 Å². The van der Waals surface area contributed by atoms with Crippen LogP contribution in [-0.2, 0) is 4.79 Å². The molecule has 5 nitrogen and oxygen atoms in total. The summed E-state index contributed by atoms with van der Waals surface area (Å²) in [5, 5.41) is 9.24. The van der Waals surface area contributed by atoms with Gasteiger partial charge in [0.25, 0.3) is 5.91 Å². The lowest BCUT2D eigenvalue weighted by atomic mass is 9.98. The molecule has 6 heteroatoms. The Kier molecular flexibility index (Phi) is 5.68. The van der Waals surface area contributed by atoms with Crippen LogP contribution in [0.5, 0.6) is 0 Å². The number of rotatable bonds is 4. The molecule has 25 heavy (non-hydrogen) atoms. The topological polar surface area (TPSA) is 70.2 Å². The van der Waals surface area contributed by atoms with E-state index in [1.54, 1.807) is 30.3 Å². The van der Waals surface area contributed by atoms with Crippen LogP contribution in [0.1, 0.15) is 23.2 Å². The number of piperidine rings is 1. The maximum Gasteiger partial charge on any atom is 0.257 e. The van der Waals surface area contributed by atoms with Crippen LogP contribution in [0.15, 0.2) is 48.5 Å². The number of nitrogens with one attached hydrogen (secondary N) is 3. The van der Waals surface area contributed by atoms with Gasteiger partial charge in [0.1, 0.15) is 0 Å². The predicted molar refractivity (Wildman–Crippen MR) is 100 cm³/mol. The fourth-order valence-electron chi connectivity index (χ4n) is 2.82. The lowest BCUT2D eigenvalue weighted by molar-refractivity contribution is -0.120. The minimum atomic E-state index is -0.313. The largest absolute Gasteiger partial charge is 0.326 e. The van der Waals surface area contributed by atoms with E-state index in [9.17, 15) is 9.59 Å². The zero-order valence-corrected chi connectivity index (χ0v) is 14.5. The molecule has 0 aliphatic carbocycles. The standard InChI is InChI=1S/C19H20ClN3O2/c20-17-9-8-15(23-18(24)13-5-4-10-21-12-13)11-16(17)19(25)22-14-6-2-1-3-7-14/h1-3,6-9,11,13,21H,4-5,10,12H2,(H,22,25)(H,23,24). The first kappa shape index (κ1) is 17.5. The zero-order valence-electron chi connectivity index (χ0n) is 13.7. The van der Waals surface area contributed by atoms with E-state index in [1.165, 1.54) is 0 Å². The molecule has 1 aliphatic heterocycles. The van der Waals surface area contributed by atoms with Crippen molar-refractivity contribution in [2.24, 2.45) is 5.92 Å². The molecule has 1 aliphatic rings. The van der Waals surface area contributed by atoms with Gasteiger partial charge in [-0.15, -0.1) is 0 Å². The third kappa shape index (κ3) is 4.59. The maximum absolute atomic E-state index is 12.5. The summed E-state index contributed by atoms with van der Waals surface area (Å²) in [6, 6.07) is 14.1. The molecule has 1 fully saturated rings. The molecule has 0 saturated carbocycles. The number of halogens is 1. The summed E-state index contributed by atoms with van der Waals surface area (Å²) in [6.45, 7) is 1.63. The van der Waals surface area contributed by atoms with E-state index < -0.39 is 0 Å². The maximum atomic E-state index is 12.5. The van der Waals surface area contributed by atoms with Crippen LogP contribution in [0.25, 0.3) is 0 Å². The van der Waals surface area contributed by atoms with Gasteiger partial charge in [-0.05, 0) is 49.7 Å². The molecular formula is C19H20ClN3O2. The molecule has 3 rings (SSSR count). The normalized spacial score (nSPS) is 16.9. The minimum Gasteiger partial charge on any atom is -0.326 e. The van der Waals surface area contributed by atoms with Gasteiger partial charge in [-0.2, -0.15) is 0 Å². The van der Waals surface area contributed by atoms with Gasteiger partial charge in [-0.3, -0.25) is 9.59 Å². The van der Waals surface area contributed by atoms with Gasteiger partial charge in [0.05, 0.1) is 16.5 Å². The van der Waals surface area contributed by atoms with Crippen LogP contribution < -0.4 is 16.0 Å². The molecule has 0 bridgehead atoms. The summed E-state index contributed by atoms with van der Waals surface area (Å²) in [5.74, 6) is -0.401. The third-order valence-corrected chi connectivity index (χ3v) is 4.51. The van der Waals surface area contributed by atoms with Crippen molar-refractivity contribution in [3.05, 3.63) is 59.1 Å². The molecular weight excluding hydrogens is 338 g/mol. The van der Waals surface area contributed by atoms with Crippen LogP contribution in [0.4, 0.5) is 11.4 Å². The van der Waals surface area contributed by atoms with Crippen LogP contribution in [0.2, 0.25) is 5.02 Å². The summed E-state index contributed by atoms with van der Waals surface area (Å²) in [7, 11) is 0. The smallest absolute Gasteiger partial charge is 0.257 e. The van der Waals surface area contributed by atoms with Crippen molar-refractivity contribution in [2.75, 3.05) is 23.7 Å². The summed E-state index contributed by atoms with van der Waals surface area (Å²) < 4.78 is 0. The van der Waals surface area contributed by atoms with Crippen molar-refractivity contribution in [1.82, 2.24) is 5.32 Å². The molecule has 0 radical (unpaired) electrons. The van der Waals surface area contributed by atoms with Gasteiger partial charge in [-0.25, -0.2) is 0 Å². The van der Waals surface area contributed by atoms with E-state index in [-0.39, 0.29) is 17.7 Å². The fraction of sp³-hybridized carbons (Fsp3) is 0.263. The van der Waals surface area contributed by atoms with Crippen LogP contribution in [0, 0.1) is 5.92 Å². The SMILES string of the molecule is O=C(Nc1ccccc1)c1cc(NC(=O)C2CCCNC2)ccc1Cl. The Hall–Kier alpha value is -2.37. The summed E-state index contributed by atoms with van der Waals surface area (Å²) in [4.78, 5) is 24.8. The highest BCUT2D eigenvalue weighted by molar-refractivity contribution is 6.34. The molecule has 0 aromatic heterocycles. The van der Waals surface area contributed by atoms with Gasteiger partial charge in [-0.1, -0.05) is 29.8 Å². The molecule has 1 heterocycles. The number of hydrogen-bond acceptors (Lipinski definition) is 3. The summed E-state index contributed by atoms with van der Waals surface area (Å²) in [5.41, 5.74) is 1.58. The predicted octanol–water partition coefficient (Wildman–Crippen LogP) is 3.53. The first-order valence-electron chi connectivity index (χ1n) is 8.31. The highest BCUT2D eigenvalue weighted by atomic mass is 35.5. The highest BCUT2D eigenvalue weighted by Gasteiger charge is 2.21. The Bertz CT molecular complexity index is 759. The van der Waals surface area contributed by atoms with Crippen molar-refractivity contribution in [3.8, 4) is 0 Å². The van der Waals surface area contributed by atoms with Crippen LogP contribution in [0.3, 0.4) is 0 Å². The van der Waals surface area contributed by atoms with Crippen molar-refractivity contribution in [3.63, 3.8) is 0 Å². The van der Waals surface area contributed by atoms with Gasteiger partial charge in [0, 0.05) is 17.9 Å². The Balaban J connectivity index is 1.71. The van der Waals surface area contributed by atoms with E-state index in [0.717, 1.165) is 19.4 Å². The molecule has 2 aromatic carbocycles. The molecule has 1 unspecified atom stereocenters. The number of hydrogen-bond donors (Lipinski definition) is 3. The van der Waals surface area contributed by atoms with Gasteiger partial charge in [0.15, 0.2) is 0 Å². The quantitative estimate of drug-likeness (QED) is 0.784. The fourth-order valence-corrected chi connectivity index (χ4v) is 3.02. The van der Waals surface area contributed by atoms with Crippen molar-refractivity contribution in [2.45, 2.75) is 12.8 Å². The van der Waals surface area contributed by atoms with E-state index in [0.29, 0.717) is 28.5 Å². The number of carbonyl (C=O) groups is 2. The monoisotopic (exact) mass is 357 g/mol. The Morgan fingerprint density at radius 3 is 2.56 bits per heavy atom. The van der Waals surface area contributed by atoms with Gasteiger partial charge in [0.2, 0.25) is 5.91 Å². The third-order valence-electron chi connectivity index (χ3n) is 4.18. The molecule has 1 saturated heterocycles. The van der Waals surface area contributed by atoms with E-state index in [2.05, 4.69) is 16.0 Å². The first-order valence-corrected chi connectivity index (χ1v) is 8.69. The second kappa shape index (κ2) is 8.14. The van der Waals surface area contributed by atoms with Gasteiger partial charge < -0.3 is 16.0 Å². The first-order chi connectivity index (χ1) is 12.1. The average Bonchev–Trinajstić information content (AvgIpc) is 2.64. The number of amides is 2. The molecule has 0 spiro atoms. The van der Waals surface area contributed by atoms with Crippen molar-refractivity contribution in [1.29, 1.82) is 0 Å². The second-order valence-electron chi connectivity index (χ2n) is 6.05.